The van der Waals surface area contributed by atoms with Gasteiger partial charge in [0, 0.05) is 18.9 Å². The molecule has 8 heteroatoms. The molecule has 0 radical (unpaired) electrons. The molecule has 0 spiro atoms. The van der Waals surface area contributed by atoms with Gasteiger partial charge in [0.1, 0.15) is 10.6 Å². The van der Waals surface area contributed by atoms with Crippen LogP contribution in [0.3, 0.4) is 0 Å². The van der Waals surface area contributed by atoms with Gasteiger partial charge in [-0.2, -0.15) is 0 Å². The molecule has 1 aromatic carbocycles. The molecule has 1 aromatic heterocycles. The topological polar surface area (TPSA) is 109 Å². The van der Waals surface area contributed by atoms with E-state index in [0.29, 0.717) is 11.3 Å². The molecular formula is C13H14N2O5S. The highest BCUT2D eigenvalue weighted by Crippen LogP contribution is 2.18. The third-order valence-electron chi connectivity index (χ3n) is 2.90. The molecule has 0 fully saturated rings. The van der Waals surface area contributed by atoms with E-state index < -0.39 is 16.0 Å². The molecule has 7 nitrogen and oxygen atoms in total. The maximum Gasteiger partial charge on any atom is 0.352 e. The lowest BCUT2D eigenvalue weighted by atomic mass is 10.2. The van der Waals surface area contributed by atoms with E-state index in [1.54, 1.807) is 12.1 Å². The first-order valence-corrected chi connectivity index (χ1v) is 7.44. The molecule has 0 unspecified atom stereocenters. The second-order valence-electron chi connectivity index (χ2n) is 4.44. The Morgan fingerprint density at radius 1 is 1.29 bits per heavy atom. The number of aryl methyl sites for hydroxylation is 1. The molecule has 3 N–H and O–H groups in total. The molecule has 2 rings (SSSR count). The lowest BCUT2D eigenvalue weighted by Crippen LogP contribution is -2.12. The third-order valence-corrected chi connectivity index (χ3v) is 4.25. The van der Waals surface area contributed by atoms with Gasteiger partial charge < -0.3 is 14.8 Å². The minimum absolute atomic E-state index is 0.119. The van der Waals surface area contributed by atoms with E-state index in [2.05, 4.69) is 4.72 Å². The number of carbonyl (C=O) groups is 1. The van der Waals surface area contributed by atoms with Crippen molar-refractivity contribution in [1.29, 1.82) is 0 Å². The molecule has 0 saturated carbocycles. The van der Waals surface area contributed by atoms with Crippen molar-refractivity contribution in [3.8, 4) is 0 Å². The van der Waals surface area contributed by atoms with Crippen molar-refractivity contribution in [2.45, 2.75) is 11.5 Å². The monoisotopic (exact) mass is 310 g/mol. The van der Waals surface area contributed by atoms with Crippen LogP contribution in [-0.2, 0) is 23.7 Å². The molecular weight excluding hydrogens is 296 g/mol. The summed E-state index contributed by atoms with van der Waals surface area (Å²) in [7, 11) is -2.41. The molecule has 0 aliphatic carbocycles. The fourth-order valence-corrected chi connectivity index (χ4v) is 2.91. The van der Waals surface area contributed by atoms with Crippen LogP contribution < -0.4 is 4.72 Å². The van der Waals surface area contributed by atoms with Gasteiger partial charge >= 0.3 is 5.97 Å². The van der Waals surface area contributed by atoms with Crippen LogP contribution in [0, 0.1) is 0 Å². The number of nitrogens with zero attached hydrogens (tertiary/aromatic N) is 1. The molecule has 0 saturated heterocycles. The van der Waals surface area contributed by atoms with E-state index in [0.717, 1.165) is 6.07 Å². The van der Waals surface area contributed by atoms with Gasteiger partial charge in [-0.3, -0.25) is 4.72 Å². The second kappa shape index (κ2) is 5.58. The summed E-state index contributed by atoms with van der Waals surface area (Å²) >= 11 is 0. The van der Waals surface area contributed by atoms with Gasteiger partial charge in [0.25, 0.3) is 10.0 Å². The first-order chi connectivity index (χ1) is 9.83. The van der Waals surface area contributed by atoms with E-state index in [9.17, 15) is 13.2 Å². The molecule has 0 amide bonds. The minimum Gasteiger partial charge on any atom is -0.477 e. The van der Waals surface area contributed by atoms with Crippen molar-refractivity contribution in [2.75, 3.05) is 4.72 Å². The van der Waals surface area contributed by atoms with Crippen molar-refractivity contribution in [3.63, 3.8) is 0 Å². The van der Waals surface area contributed by atoms with E-state index in [1.165, 1.54) is 29.9 Å². The Bertz CT molecular complexity index is 762. The number of hydrogen-bond donors (Lipinski definition) is 3. The van der Waals surface area contributed by atoms with Crippen molar-refractivity contribution < 1.29 is 23.4 Å². The van der Waals surface area contributed by atoms with Crippen LogP contribution in [0.25, 0.3) is 0 Å². The number of carboxylic acids is 1. The first kappa shape index (κ1) is 15.1. The van der Waals surface area contributed by atoms with Crippen LogP contribution in [0.4, 0.5) is 5.69 Å². The Hall–Kier alpha value is -2.32. The van der Waals surface area contributed by atoms with Gasteiger partial charge in [-0.15, -0.1) is 0 Å². The van der Waals surface area contributed by atoms with Crippen LogP contribution in [-0.4, -0.2) is 29.2 Å². The summed E-state index contributed by atoms with van der Waals surface area (Å²) in [5.41, 5.74) is 0.866. The zero-order valence-electron chi connectivity index (χ0n) is 11.1. The van der Waals surface area contributed by atoms with E-state index in [-0.39, 0.29) is 17.2 Å². The number of aromatic carboxylic acids is 1. The summed E-state index contributed by atoms with van der Waals surface area (Å²) in [6.45, 7) is -0.131. The Balaban J connectivity index is 2.29. The van der Waals surface area contributed by atoms with Crippen LogP contribution in [0.15, 0.2) is 41.4 Å². The maximum absolute atomic E-state index is 12.2. The van der Waals surface area contributed by atoms with E-state index in [4.69, 9.17) is 10.2 Å². The number of anilines is 1. The standard InChI is InChI=1S/C13H14N2O5S/c1-15-7-11(6-12(15)13(17)18)21(19,20)14-10-4-2-9(8-16)3-5-10/h2-7,14,16H,8H2,1H3,(H,17,18). The summed E-state index contributed by atoms with van der Waals surface area (Å²) in [5.74, 6) is -1.20. The van der Waals surface area contributed by atoms with Gasteiger partial charge in [0.05, 0.1) is 6.61 Å². The van der Waals surface area contributed by atoms with Crippen molar-refractivity contribution in [3.05, 3.63) is 47.8 Å². The number of rotatable bonds is 5. The Morgan fingerprint density at radius 2 is 1.90 bits per heavy atom. The van der Waals surface area contributed by atoms with E-state index in [1.807, 2.05) is 0 Å². The number of aromatic nitrogens is 1. The Morgan fingerprint density at radius 3 is 2.38 bits per heavy atom. The number of hydrogen-bond acceptors (Lipinski definition) is 4. The van der Waals surface area contributed by atoms with Crippen LogP contribution >= 0.6 is 0 Å². The fourth-order valence-electron chi connectivity index (χ4n) is 1.79. The number of nitrogens with one attached hydrogen (secondary N) is 1. The predicted molar refractivity (Wildman–Crippen MR) is 75.5 cm³/mol. The average Bonchev–Trinajstić information content (AvgIpc) is 2.82. The normalized spacial score (nSPS) is 11.3. The molecule has 21 heavy (non-hydrogen) atoms. The molecule has 112 valence electrons. The van der Waals surface area contributed by atoms with E-state index >= 15 is 0 Å². The van der Waals surface area contributed by atoms with Crippen molar-refractivity contribution >= 4 is 21.7 Å². The van der Waals surface area contributed by atoms with Crippen LogP contribution in [0.2, 0.25) is 0 Å². The summed E-state index contributed by atoms with van der Waals surface area (Å²) in [6.07, 6.45) is 1.23. The molecule has 0 atom stereocenters. The van der Waals surface area contributed by atoms with Crippen molar-refractivity contribution in [2.24, 2.45) is 7.05 Å². The number of benzene rings is 1. The lowest BCUT2D eigenvalue weighted by molar-refractivity contribution is 0.0686. The summed E-state index contributed by atoms with van der Waals surface area (Å²) in [4.78, 5) is 10.8. The smallest absolute Gasteiger partial charge is 0.352 e. The highest BCUT2D eigenvalue weighted by molar-refractivity contribution is 7.92. The largest absolute Gasteiger partial charge is 0.477 e. The van der Waals surface area contributed by atoms with Gasteiger partial charge in [-0.05, 0) is 23.8 Å². The SMILES string of the molecule is Cn1cc(S(=O)(=O)Nc2ccc(CO)cc2)cc1C(=O)O. The number of sulfonamides is 1. The van der Waals surface area contributed by atoms with Gasteiger partial charge in [-0.1, -0.05) is 12.1 Å². The highest BCUT2D eigenvalue weighted by atomic mass is 32.2. The van der Waals surface area contributed by atoms with Gasteiger partial charge in [-0.25, -0.2) is 13.2 Å². The average molecular weight is 310 g/mol. The summed E-state index contributed by atoms with van der Waals surface area (Å²) in [5, 5.41) is 17.9. The fraction of sp³-hybridized carbons (Fsp3) is 0.154. The van der Waals surface area contributed by atoms with Crippen LogP contribution in [0.1, 0.15) is 16.1 Å². The minimum atomic E-state index is -3.86. The molecule has 0 aliphatic rings. The molecule has 0 bridgehead atoms. The quantitative estimate of drug-likeness (QED) is 0.764. The van der Waals surface area contributed by atoms with Gasteiger partial charge in [0.15, 0.2) is 0 Å². The molecule has 2 aromatic rings. The third kappa shape index (κ3) is 3.23. The van der Waals surface area contributed by atoms with Crippen LogP contribution in [0.5, 0.6) is 0 Å². The first-order valence-electron chi connectivity index (χ1n) is 5.96. The Labute approximate surface area is 121 Å². The Kier molecular flexibility index (Phi) is 4.01. The summed E-state index contributed by atoms with van der Waals surface area (Å²) < 4.78 is 27.9. The zero-order chi connectivity index (χ0) is 15.6. The van der Waals surface area contributed by atoms with Crippen molar-refractivity contribution in [1.82, 2.24) is 4.57 Å². The molecule has 0 aliphatic heterocycles. The summed E-state index contributed by atoms with van der Waals surface area (Å²) in [6, 6.07) is 7.30. The van der Waals surface area contributed by atoms with Gasteiger partial charge in [0.2, 0.25) is 0 Å². The maximum atomic E-state index is 12.2. The number of carboxylic acid groups (broad SMARTS) is 1. The lowest BCUT2D eigenvalue weighted by Gasteiger charge is -2.06. The molecule has 1 heterocycles. The second-order valence-corrected chi connectivity index (χ2v) is 6.12. The number of aliphatic hydroxyl groups excluding tert-OH is 1. The highest BCUT2D eigenvalue weighted by Gasteiger charge is 2.20. The zero-order valence-corrected chi connectivity index (χ0v) is 12.0. The predicted octanol–water partition coefficient (Wildman–Crippen LogP) is 1.02. The number of aliphatic hydroxyl groups is 1.